The summed E-state index contributed by atoms with van der Waals surface area (Å²) in [6, 6.07) is 2.65. The number of rotatable bonds is 2. The molecule has 1 aromatic carbocycles. The molecule has 0 spiro atoms. The minimum absolute atomic E-state index is 0.0130. The number of carboxylic acid groups (broad SMARTS) is 1. The number of benzene rings is 1. The van der Waals surface area contributed by atoms with Crippen LogP contribution in [0.25, 0.3) is 10.9 Å². The number of alkyl halides is 3. The van der Waals surface area contributed by atoms with Crippen LogP contribution in [-0.2, 0) is 11.0 Å². The number of amides is 1. The maximum absolute atomic E-state index is 12.6. The van der Waals surface area contributed by atoms with Gasteiger partial charge < -0.3 is 15.4 Å². The van der Waals surface area contributed by atoms with Crippen molar-refractivity contribution in [2.45, 2.75) is 13.1 Å². The second-order valence-corrected chi connectivity index (χ2v) is 4.12. The number of halogens is 3. The van der Waals surface area contributed by atoms with Gasteiger partial charge in [0.15, 0.2) is 0 Å². The molecular weight excluding hydrogens is 277 g/mol. The van der Waals surface area contributed by atoms with Gasteiger partial charge in [-0.05, 0) is 12.1 Å². The Bertz CT molecular complexity index is 704. The quantitative estimate of drug-likeness (QED) is 0.794. The molecule has 5 nitrogen and oxygen atoms in total. The molecule has 1 amide bonds. The number of carbonyl (C=O) groups is 2. The zero-order valence-electron chi connectivity index (χ0n) is 10.1. The lowest BCUT2D eigenvalue weighted by molar-refractivity contribution is -0.137. The van der Waals surface area contributed by atoms with E-state index in [4.69, 9.17) is 5.11 Å². The van der Waals surface area contributed by atoms with Crippen LogP contribution in [0.4, 0.5) is 19.0 Å². The summed E-state index contributed by atoms with van der Waals surface area (Å²) in [5, 5.41) is 11.4. The van der Waals surface area contributed by atoms with Gasteiger partial charge in [-0.25, -0.2) is 4.79 Å². The molecular formula is C12H9F3N2O3. The van der Waals surface area contributed by atoms with Gasteiger partial charge >= 0.3 is 12.1 Å². The largest absolute Gasteiger partial charge is 0.478 e. The van der Waals surface area contributed by atoms with E-state index in [-0.39, 0.29) is 22.3 Å². The zero-order valence-corrected chi connectivity index (χ0v) is 10.1. The lowest BCUT2D eigenvalue weighted by Gasteiger charge is -2.05. The van der Waals surface area contributed by atoms with Gasteiger partial charge in [0.25, 0.3) is 0 Å². The minimum Gasteiger partial charge on any atom is -0.478 e. The van der Waals surface area contributed by atoms with Crippen molar-refractivity contribution in [1.29, 1.82) is 0 Å². The molecule has 0 unspecified atom stereocenters. The van der Waals surface area contributed by atoms with Crippen molar-refractivity contribution >= 4 is 28.6 Å². The summed E-state index contributed by atoms with van der Waals surface area (Å²) in [6.07, 6.45) is -4.53. The van der Waals surface area contributed by atoms with Crippen molar-refractivity contribution < 1.29 is 27.9 Å². The van der Waals surface area contributed by atoms with E-state index in [1.54, 1.807) is 0 Å². The number of carbonyl (C=O) groups excluding carboxylic acids is 1. The van der Waals surface area contributed by atoms with Crippen LogP contribution in [-0.4, -0.2) is 22.0 Å². The second-order valence-electron chi connectivity index (χ2n) is 4.12. The number of hydrogen-bond acceptors (Lipinski definition) is 2. The highest BCUT2D eigenvalue weighted by Gasteiger charge is 2.31. The number of H-pyrrole nitrogens is 1. The third-order valence-corrected chi connectivity index (χ3v) is 2.64. The van der Waals surface area contributed by atoms with Crippen molar-refractivity contribution in [3.8, 4) is 0 Å². The fourth-order valence-corrected chi connectivity index (χ4v) is 1.87. The van der Waals surface area contributed by atoms with Crippen molar-refractivity contribution in [1.82, 2.24) is 4.98 Å². The highest BCUT2D eigenvalue weighted by atomic mass is 19.4. The molecule has 0 radical (unpaired) electrons. The number of aromatic amines is 1. The molecule has 0 bridgehead atoms. The van der Waals surface area contributed by atoms with E-state index in [0.717, 1.165) is 25.1 Å². The first-order chi connectivity index (χ1) is 9.20. The molecule has 106 valence electrons. The molecule has 2 aromatic rings. The second kappa shape index (κ2) is 4.55. The molecule has 2 rings (SSSR count). The van der Waals surface area contributed by atoms with Gasteiger partial charge in [-0.2, -0.15) is 13.2 Å². The van der Waals surface area contributed by atoms with E-state index < -0.39 is 23.6 Å². The van der Waals surface area contributed by atoms with Gasteiger partial charge in [-0.1, -0.05) is 6.07 Å². The molecule has 0 atom stereocenters. The van der Waals surface area contributed by atoms with Gasteiger partial charge in [-0.15, -0.1) is 0 Å². The van der Waals surface area contributed by atoms with Gasteiger partial charge in [-0.3, -0.25) is 4.79 Å². The van der Waals surface area contributed by atoms with Gasteiger partial charge in [0.05, 0.1) is 5.56 Å². The van der Waals surface area contributed by atoms with Crippen LogP contribution in [0, 0.1) is 0 Å². The molecule has 3 N–H and O–H groups in total. The van der Waals surface area contributed by atoms with E-state index in [1.807, 2.05) is 0 Å². The Morgan fingerprint density at radius 2 is 1.95 bits per heavy atom. The number of fused-ring (bicyclic) bond motifs is 1. The standard InChI is InChI=1S/C12H9F3N2O3/c1-5(18)16-10-9(11(19)20)7-3-2-6(12(13,14)15)4-8(7)17-10/h2-4,17H,1H3,(H,16,18)(H,19,20). The molecule has 0 saturated carbocycles. The summed E-state index contributed by atoms with van der Waals surface area (Å²) >= 11 is 0. The summed E-state index contributed by atoms with van der Waals surface area (Å²) in [4.78, 5) is 24.6. The van der Waals surface area contributed by atoms with Crippen molar-refractivity contribution in [2.75, 3.05) is 5.32 Å². The maximum atomic E-state index is 12.6. The summed E-state index contributed by atoms with van der Waals surface area (Å²) in [7, 11) is 0. The van der Waals surface area contributed by atoms with Crippen LogP contribution in [0.5, 0.6) is 0 Å². The van der Waals surface area contributed by atoms with E-state index in [2.05, 4.69) is 10.3 Å². The molecule has 0 aliphatic rings. The Morgan fingerprint density at radius 3 is 2.45 bits per heavy atom. The summed E-state index contributed by atoms with van der Waals surface area (Å²) in [6.45, 7) is 1.16. The number of aromatic nitrogens is 1. The average molecular weight is 286 g/mol. The number of anilines is 1. The van der Waals surface area contributed by atoms with Crippen LogP contribution < -0.4 is 5.32 Å². The molecule has 20 heavy (non-hydrogen) atoms. The fraction of sp³-hybridized carbons (Fsp3) is 0.167. The third-order valence-electron chi connectivity index (χ3n) is 2.64. The molecule has 0 saturated heterocycles. The first-order valence-electron chi connectivity index (χ1n) is 5.44. The van der Waals surface area contributed by atoms with Crippen molar-refractivity contribution in [3.05, 3.63) is 29.3 Å². The highest BCUT2D eigenvalue weighted by Crippen LogP contribution is 2.34. The molecule has 0 aliphatic carbocycles. The highest BCUT2D eigenvalue weighted by molar-refractivity contribution is 6.10. The van der Waals surface area contributed by atoms with Crippen molar-refractivity contribution in [2.24, 2.45) is 0 Å². The average Bonchev–Trinajstić information content (AvgIpc) is 2.63. The Labute approximate surface area is 110 Å². The SMILES string of the molecule is CC(=O)Nc1[nH]c2cc(C(F)(F)F)ccc2c1C(=O)O. The van der Waals surface area contributed by atoms with Crippen LogP contribution in [0.3, 0.4) is 0 Å². The predicted molar refractivity (Wildman–Crippen MR) is 64.6 cm³/mol. The normalized spacial score (nSPS) is 11.6. The molecule has 0 aliphatic heterocycles. The molecule has 1 heterocycles. The van der Waals surface area contributed by atoms with Gasteiger partial charge in [0.2, 0.25) is 5.91 Å². The third kappa shape index (κ3) is 2.44. The Balaban J connectivity index is 2.67. The van der Waals surface area contributed by atoms with Crippen LogP contribution in [0.1, 0.15) is 22.8 Å². The summed E-state index contributed by atoms with van der Waals surface area (Å²) < 4.78 is 37.8. The fourth-order valence-electron chi connectivity index (χ4n) is 1.87. The topological polar surface area (TPSA) is 82.2 Å². The number of aromatic carboxylic acids is 1. The first-order valence-corrected chi connectivity index (χ1v) is 5.44. The van der Waals surface area contributed by atoms with Crippen LogP contribution in [0.2, 0.25) is 0 Å². The first kappa shape index (κ1) is 13.9. The Hall–Kier alpha value is -2.51. The Morgan fingerprint density at radius 1 is 1.30 bits per heavy atom. The van der Waals surface area contributed by atoms with Crippen molar-refractivity contribution in [3.63, 3.8) is 0 Å². The number of nitrogens with one attached hydrogen (secondary N) is 2. The summed E-state index contributed by atoms with van der Waals surface area (Å²) in [5.41, 5.74) is -1.19. The molecule has 1 aromatic heterocycles. The molecule has 8 heteroatoms. The lowest BCUT2D eigenvalue weighted by Crippen LogP contribution is -2.10. The zero-order chi connectivity index (χ0) is 15.1. The van der Waals surface area contributed by atoms with Crippen LogP contribution in [0.15, 0.2) is 18.2 Å². The monoisotopic (exact) mass is 286 g/mol. The van der Waals surface area contributed by atoms with E-state index in [9.17, 15) is 22.8 Å². The number of carboxylic acids is 1. The number of hydrogen-bond donors (Lipinski definition) is 3. The Kier molecular flexibility index (Phi) is 3.16. The van der Waals surface area contributed by atoms with Gasteiger partial charge in [0, 0.05) is 17.8 Å². The van der Waals surface area contributed by atoms with E-state index in [0.29, 0.717) is 0 Å². The van der Waals surface area contributed by atoms with E-state index in [1.165, 1.54) is 0 Å². The lowest BCUT2D eigenvalue weighted by atomic mass is 10.1. The minimum atomic E-state index is -4.53. The van der Waals surface area contributed by atoms with E-state index >= 15 is 0 Å². The summed E-state index contributed by atoms with van der Waals surface area (Å²) in [5.74, 6) is -2.02. The molecule has 0 fully saturated rings. The van der Waals surface area contributed by atoms with Crippen LogP contribution >= 0.6 is 0 Å². The smallest absolute Gasteiger partial charge is 0.416 e. The predicted octanol–water partition coefficient (Wildman–Crippen LogP) is 2.84. The maximum Gasteiger partial charge on any atom is 0.416 e. The van der Waals surface area contributed by atoms with Gasteiger partial charge in [0.1, 0.15) is 11.4 Å².